The van der Waals surface area contributed by atoms with Crippen LogP contribution in [-0.2, 0) is 9.47 Å². The van der Waals surface area contributed by atoms with E-state index in [-0.39, 0.29) is 17.8 Å². The van der Waals surface area contributed by atoms with Crippen molar-refractivity contribution in [2.24, 2.45) is 0 Å². The number of esters is 1. The van der Waals surface area contributed by atoms with Crippen LogP contribution in [0.3, 0.4) is 0 Å². The molecule has 0 bridgehead atoms. The van der Waals surface area contributed by atoms with E-state index in [9.17, 15) is 4.79 Å². The van der Waals surface area contributed by atoms with Crippen LogP contribution in [0.1, 0.15) is 17.4 Å². The van der Waals surface area contributed by atoms with Crippen molar-refractivity contribution in [2.75, 3.05) is 32.1 Å². The number of oxazole rings is 1. The van der Waals surface area contributed by atoms with Gasteiger partial charge in [0.25, 0.3) is 6.01 Å². The number of rotatable bonds is 5. The molecule has 1 aromatic rings. The van der Waals surface area contributed by atoms with E-state index in [0.29, 0.717) is 12.6 Å². The summed E-state index contributed by atoms with van der Waals surface area (Å²) < 4.78 is 15.3. The summed E-state index contributed by atoms with van der Waals surface area (Å²) in [7, 11) is 1.66. The van der Waals surface area contributed by atoms with E-state index in [4.69, 9.17) is 13.9 Å². The lowest BCUT2D eigenvalue weighted by molar-refractivity contribution is 0.0519. The van der Waals surface area contributed by atoms with E-state index in [0.717, 1.165) is 13.1 Å². The maximum atomic E-state index is 11.4. The van der Waals surface area contributed by atoms with Gasteiger partial charge in [0.15, 0.2) is 5.69 Å². The number of ether oxygens (including phenoxy) is 2. The van der Waals surface area contributed by atoms with Gasteiger partial charge in [-0.2, -0.15) is 4.98 Å². The number of anilines is 1. The van der Waals surface area contributed by atoms with Crippen molar-refractivity contribution in [1.29, 1.82) is 0 Å². The summed E-state index contributed by atoms with van der Waals surface area (Å²) in [4.78, 5) is 15.4. The lowest BCUT2D eigenvalue weighted by atomic mass is 10.2. The van der Waals surface area contributed by atoms with Gasteiger partial charge in [0, 0.05) is 20.2 Å². The topological polar surface area (TPSA) is 85.6 Å². The van der Waals surface area contributed by atoms with Crippen molar-refractivity contribution in [3.63, 3.8) is 0 Å². The highest BCUT2D eigenvalue weighted by Crippen LogP contribution is 2.14. The van der Waals surface area contributed by atoms with Crippen LogP contribution in [0.5, 0.6) is 0 Å². The van der Waals surface area contributed by atoms with Crippen LogP contribution in [-0.4, -0.2) is 49.9 Å². The van der Waals surface area contributed by atoms with Gasteiger partial charge >= 0.3 is 5.97 Å². The second-order valence-electron chi connectivity index (χ2n) is 3.94. The minimum absolute atomic E-state index is 0.0583. The molecule has 0 spiro atoms. The number of carbonyl (C=O) groups is 1. The van der Waals surface area contributed by atoms with E-state index < -0.39 is 5.97 Å². The van der Waals surface area contributed by atoms with Crippen molar-refractivity contribution < 1.29 is 18.7 Å². The first-order valence-corrected chi connectivity index (χ1v) is 5.87. The maximum absolute atomic E-state index is 11.4. The van der Waals surface area contributed by atoms with Crippen LogP contribution >= 0.6 is 0 Å². The fourth-order valence-electron chi connectivity index (χ4n) is 1.84. The summed E-state index contributed by atoms with van der Waals surface area (Å²) in [5.74, 6) is -0.484. The van der Waals surface area contributed by atoms with E-state index in [1.54, 1.807) is 14.0 Å². The van der Waals surface area contributed by atoms with E-state index in [1.807, 2.05) is 0 Å². The molecule has 0 aliphatic carbocycles. The monoisotopic (exact) mass is 255 g/mol. The lowest BCUT2D eigenvalue weighted by Gasteiger charge is -2.16. The van der Waals surface area contributed by atoms with E-state index >= 15 is 0 Å². The highest BCUT2D eigenvalue weighted by atomic mass is 16.5. The van der Waals surface area contributed by atoms with Gasteiger partial charge in [-0.25, -0.2) is 4.79 Å². The third-order valence-electron chi connectivity index (χ3n) is 2.76. The van der Waals surface area contributed by atoms with Crippen molar-refractivity contribution >= 4 is 12.0 Å². The molecule has 2 rings (SSSR count). The molecule has 7 heteroatoms. The standard InChI is InChI=1S/C11H17N3O4/c1-3-17-10(15)8-6-18-11(14-8)13-7-4-12-5-9(7)16-2/h6-7,9,12H,3-5H2,1-2H3,(H,13,14)/t7?,9-/m0/s1. The van der Waals surface area contributed by atoms with Gasteiger partial charge in [-0.3, -0.25) is 0 Å². The Balaban J connectivity index is 1.96. The van der Waals surface area contributed by atoms with Crippen molar-refractivity contribution in [3.8, 4) is 0 Å². The first-order valence-electron chi connectivity index (χ1n) is 5.87. The number of hydrogen-bond acceptors (Lipinski definition) is 7. The number of hydrogen-bond donors (Lipinski definition) is 2. The summed E-state index contributed by atoms with van der Waals surface area (Å²) in [5.41, 5.74) is 0.166. The summed E-state index contributed by atoms with van der Waals surface area (Å²) in [6, 6.07) is 0.373. The van der Waals surface area contributed by atoms with Gasteiger partial charge in [0.05, 0.1) is 18.8 Å². The number of aromatic nitrogens is 1. The molecule has 7 nitrogen and oxygen atoms in total. The fraction of sp³-hybridized carbons (Fsp3) is 0.636. The zero-order valence-electron chi connectivity index (χ0n) is 10.4. The minimum Gasteiger partial charge on any atom is -0.461 e. The van der Waals surface area contributed by atoms with Crippen LogP contribution in [0.2, 0.25) is 0 Å². The van der Waals surface area contributed by atoms with Crippen LogP contribution in [0.4, 0.5) is 6.01 Å². The maximum Gasteiger partial charge on any atom is 0.360 e. The Hall–Kier alpha value is -1.60. The average molecular weight is 255 g/mol. The molecule has 1 aliphatic rings. The van der Waals surface area contributed by atoms with Gasteiger partial charge in [-0.1, -0.05) is 0 Å². The fourth-order valence-corrected chi connectivity index (χ4v) is 1.84. The van der Waals surface area contributed by atoms with Crippen molar-refractivity contribution in [1.82, 2.24) is 10.3 Å². The van der Waals surface area contributed by atoms with Gasteiger partial charge in [0.1, 0.15) is 6.26 Å². The summed E-state index contributed by atoms with van der Waals surface area (Å²) in [6.07, 6.45) is 1.34. The second kappa shape index (κ2) is 5.83. The number of nitrogens with one attached hydrogen (secondary N) is 2. The molecule has 1 unspecified atom stereocenters. The van der Waals surface area contributed by atoms with Crippen LogP contribution in [0.25, 0.3) is 0 Å². The minimum atomic E-state index is -0.484. The van der Waals surface area contributed by atoms with E-state index in [1.165, 1.54) is 6.26 Å². The normalized spacial score (nSPS) is 23.0. The van der Waals surface area contributed by atoms with Crippen molar-refractivity contribution in [3.05, 3.63) is 12.0 Å². The number of carbonyl (C=O) groups excluding carboxylic acids is 1. The highest BCUT2D eigenvalue weighted by Gasteiger charge is 2.28. The molecule has 18 heavy (non-hydrogen) atoms. The zero-order chi connectivity index (χ0) is 13.0. The van der Waals surface area contributed by atoms with Gasteiger partial charge in [-0.05, 0) is 6.92 Å². The molecule has 1 aromatic heterocycles. The quantitative estimate of drug-likeness (QED) is 0.729. The first-order chi connectivity index (χ1) is 8.74. The molecule has 100 valence electrons. The highest BCUT2D eigenvalue weighted by molar-refractivity contribution is 5.87. The molecule has 1 saturated heterocycles. The molecule has 2 N–H and O–H groups in total. The van der Waals surface area contributed by atoms with Crippen LogP contribution in [0.15, 0.2) is 10.7 Å². The molecule has 0 radical (unpaired) electrons. The van der Waals surface area contributed by atoms with Gasteiger partial charge in [0.2, 0.25) is 0 Å². The molecule has 0 aromatic carbocycles. The molecule has 0 amide bonds. The lowest BCUT2D eigenvalue weighted by Crippen LogP contribution is -2.33. The smallest absolute Gasteiger partial charge is 0.360 e. The van der Waals surface area contributed by atoms with Gasteiger partial charge in [-0.15, -0.1) is 0 Å². The number of methoxy groups -OCH3 is 1. The van der Waals surface area contributed by atoms with Gasteiger partial charge < -0.3 is 24.5 Å². The predicted molar refractivity (Wildman–Crippen MR) is 63.5 cm³/mol. The Bertz CT molecular complexity index is 407. The SMILES string of the molecule is CCOC(=O)c1coc(NC2CNC[C@@H]2OC)n1. The third kappa shape index (κ3) is 2.80. The molecular formula is C11H17N3O4. The predicted octanol–water partition coefficient (Wildman–Crippen LogP) is 0.250. The Kier molecular flexibility index (Phi) is 4.16. The third-order valence-corrected chi connectivity index (χ3v) is 2.76. The Morgan fingerprint density at radius 1 is 1.67 bits per heavy atom. The molecule has 2 heterocycles. The molecule has 1 fully saturated rings. The van der Waals surface area contributed by atoms with E-state index in [2.05, 4.69) is 15.6 Å². The first kappa shape index (κ1) is 12.8. The Morgan fingerprint density at radius 2 is 2.50 bits per heavy atom. The molecule has 1 aliphatic heterocycles. The molecule has 2 atom stereocenters. The average Bonchev–Trinajstić information content (AvgIpc) is 2.99. The number of nitrogens with zero attached hydrogens (tertiary/aromatic N) is 1. The zero-order valence-corrected chi connectivity index (χ0v) is 10.4. The van der Waals surface area contributed by atoms with Crippen LogP contribution in [0, 0.1) is 0 Å². The van der Waals surface area contributed by atoms with Crippen LogP contribution < -0.4 is 10.6 Å². The largest absolute Gasteiger partial charge is 0.461 e. The molecule has 0 saturated carbocycles. The van der Waals surface area contributed by atoms with Crippen molar-refractivity contribution in [2.45, 2.75) is 19.1 Å². The summed E-state index contributed by atoms with van der Waals surface area (Å²) >= 11 is 0. The Labute approximate surface area is 105 Å². The molecular weight excluding hydrogens is 238 g/mol. The Morgan fingerprint density at radius 3 is 3.22 bits per heavy atom. The second-order valence-corrected chi connectivity index (χ2v) is 3.94. The summed E-state index contributed by atoms with van der Waals surface area (Å²) in [5, 5.41) is 6.28. The summed E-state index contributed by atoms with van der Waals surface area (Å²) in [6.45, 7) is 3.59.